The third-order valence-electron chi connectivity index (χ3n) is 3.70. The Kier molecular flexibility index (Phi) is 7.67. The number of aliphatic imine (C=N–C) groups is 1. The number of hydrogen-bond donors (Lipinski definition) is 0. The maximum Gasteiger partial charge on any atom is 0.322 e. The first-order valence-electron chi connectivity index (χ1n) is 8.25. The van der Waals surface area contributed by atoms with Crippen LogP contribution in [0.15, 0.2) is 51.9 Å². The second-order valence-electron chi connectivity index (χ2n) is 5.56. The van der Waals surface area contributed by atoms with Gasteiger partial charge < -0.3 is 9.47 Å². The summed E-state index contributed by atoms with van der Waals surface area (Å²) < 4.78 is 24.6. The molecule has 0 saturated heterocycles. The maximum absolute atomic E-state index is 14.0. The summed E-state index contributed by atoms with van der Waals surface area (Å²) in [6.45, 7) is 2.00. The van der Waals surface area contributed by atoms with Crippen molar-refractivity contribution in [3.8, 4) is 5.75 Å². The first-order chi connectivity index (χ1) is 13.0. The summed E-state index contributed by atoms with van der Waals surface area (Å²) in [6.07, 6.45) is 1.21. The molecular formula is C20H19BrFNO4. The summed E-state index contributed by atoms with van der Waals surface area (Å²) in [5, 5.41) is 0. The Bertz CT molecular complexity index is 836. The summed E-state index contributed by atoms with van der Waals surface area (Å²) in [7, 11) is 1.57. The topological polar surface area (TPSA) is 65.0 Å². The Labute approximate surface area is 165 Å². The van der Waals surface area contributed by atoms with E-state index in [1.165, 1.54) is 18.3 Å². The van der Waals surface area contributed by atoms with Crippen molar-refractivity contribution in [1.29, 1.82) is 0 Å². The molecule has 0 fully saturated rings. The number of halogens is 2. The van der Waals surface area contributed by atoms with Gasteiger partial charge in [-0.3, -0.25) is 14.6 Å². The number of nitrogens with zero attached hydrogens (tertiary/aromatic N) is 1. The second-order valence-corrected chi connectivity index (χ2v) is 6.47. The van der Waals surface area contributed by atoms with E-state index in [-0.39, 0.29) is 18.7 Å². The number of esters is 1. The smallest absolute Gasteiger partial charge is 0.322 e. The summed E-state index contributed by atoms with van der Waals surface area (Å²) in [5.74, 6) is -2.77. The molecule has 0 N–H and O–H groups in total. The SMILES string of the molecule is CCOC(=O)C(C=NCc1ccc(OC)cc1)C(=O)c1cc(Br)ccc1F. The number of ether oxygens (including phenoxy) is 2. The van der Waals surface area contributed by atoms with Crippen molar-refractivity contribution < 1.29 is 23.5 Å². The maximum atomic E-state index is 14.0. The number of carbonyl (C=O) groups is 2. The molecule has 0 saturated carbocycles. The van der Waals surface area contributed by atoms with E-state index in [1.807, 2.05) is 12.1 Å². The highest BCUT2D eigenvalue weighted by Gasteiger charge is 2.29. The van der Waals surface area contributed by atoms with Crippen molar-refractivity contribution in [3.05, 3.63) is 63.9 Å². The van der Waals surface area contributed by atoms with Crippen molar-refractivity contribution in [2.45, 2.75) is 13.5 Å². The van der Waals surface area contributed by atoms with Crippen LogP contribution in [0.25, 0.3) is 0 Å². The van der Waals surface area contributed by atoms with E-state index >= 15 is 0 Å². The molecule has 27 heavy (non-hydrogen) atoms. The van der Waals surface area contributed by atoms with Gasteiger partial charge in [-0.1, -0.05) is 28.1 Å². The van der Waals surface area contributed by atoms with Gasteiger partial charge in [0.25, 0.3) is 0 Å². The molecule has 1 atom stereocenters. The van der Waals surface area contributed by atoms with Crippen molar-refractivity contribution in [1.82, 2.24) is 0 Å². The molecule has 0 aliphatic rings. The van der Waals surface area contributed by atoms with Crippen LogP contribution in [0.3, 0.4) is 0 Å². The molecule has 2 rings (SSSR count). The molecule has 2 aromatic rings. The second kappa shape index (κ2) is 9.97. The molecule has 0 aliphatic heterocycles. The van der Waals surface area contributed by atoms with Crippen LogP contribution in [0.4, 0.5) is 4.39 Å². The zero-order valence-corrected chi connectivity index (χ0v) is 16.5. The van der Waals surface area contributed by atoms with Crippen molar-refractivity contribution in [2.24, 2.45) is 10.9 Å². The van der Waals surface area contributed by atoms with E-state index in [9.17, 15) is 14.0 Å². The Morgan fingerprint density at radius 3 is 2.56 bits per heavy atom. The number of rotatable bonds is 8. The minimum atomic E-state index is -1.31. The van der Waals surface area contributed by atoms with Gasteiger partial charge in [-0.25, -0.2) is 4.39 Å². The number of hydrogen-bond acceptors (Lipinski definition) is 5. The van der Waals surface area contributed by atoms with E-state index in [1.54, 1.807) is 26.2 Å². The lowest BCUT2D eigenvalue weighted by molar-refractivity contribution is -0.143. The molecule has 142 valence electrons. The number of ketones is 1. The molecule has 0 radical (unpaired) electrons. The molecule has 0 heterocycles. The highest BCUT2D eigenvalue weighted by Crippen LogP contribution is 2.19. The van der Waals surface area contributed by atoms with Gasteiger partial charge in [-0.2, -0.15) is 0 Å². The van der Waals surface area contributed by atoms with Crippen LogP contribution in [-0.2, 0) is 16.1 Å². The fraction of sp³-hybridized carbons (Fsp3) is 0.250. The number of benzene rings is 2. The van der Waals surface area contributed by atoms with Gasteiger partial charge in [0, 0.05) is 10.7 Å². The van der Waals surface area contributed by atoms with Gasteiger partial charge in [-0.15, -0.1) is 0 Å². The average molecular weight is 436 g/mol. The minimum absolute atomic E-state index is 0.107. The molecule has 1 unspecified atom stereocenters. The Morgan fingerprint density at radius 1 is 1.22 bits per heavy atom. The molecule has 0 spiro atoms. The lowest BCUT2D eigenvalue weighted by Gasteiger charge is -2.11. The van der Waals surface area contributed by atoms with Crippen LogP contribution >= 0.6 is 15.9 Å². The van der Waals surface area contributed by atoms with E-state index in [2.05, 4.69) is 20.9 Å². The zero-order chi connectivity index (χ0) is 19.8. The Morgan fingerprint density at radius 2 is 1.93 bits per heavy atom. The highest BCUT2D eigenvalue weighted by atomic mass is 79.9. The fourth-order valence-corrected chi connectivity index (χ4v) is 2.68. The number of methoxy groups -OCH3 is 1. The quantitative estimate of drug-likeness (QED) is 0.269. The molecule has 7 heteroatoms. The lowest BCUT2D eigenvalue weighted by atomic mass is 9.98. The molecule has 0 bridgehead atoms. The van der Waals surface area contributed by atoms with Crippen LogP contribution in [0.1, 0.15) is 22.8 Å². The fourth-order valence-electron chi connectivity index (χ4n) is 2.32. The first kappa shape index (κ1) is 20.8. The van der Waals surface area contributed by atoms with Gasteiger partial charge in [0.2, 0.25) is 0 Å². The number of carbonyl (C=O) groups excluding carboxylic acids is 2. The predicted molar refractivity (Wildman–Crippen MR) is 104 cm³/mol. The molecule has 0 amide bonds. The molecule has 2 aromatic carbocycles. The van der Waals surface area contributed by atoms with Crippen LogP contribution < -0.4 is 4.74 Å². The molecule has 0 aliphatic carbocycles. The predicted octanol–water partition coefficient (Wildman–Crippen LogP) is 4.23. The zero-order valence-electron chi connectivity index (χ0n) is 14.9. The van der Waals surface area contributed by atoms with Gasteiger partial charge in [0.15, 0.2) is 11.7 Å². The standard InChI is InChI=1S/C20H19BrFNO4/c1-3-27-20(25)17(19(24)16-10-14(21)6-9-18(16)22)12-23-11-13-4-7-15(26-2)8-5-13/h4-10,12,17H,3,11H2,1-2H3. The van der Waals surface area contributed by atoms with Gasteiger partial charge in [-0.05, 0) is 42.8 Å². The third kappa shape index (κ3) is 5.72. The van der Waals surface area contributed by atoms with Crippen LogP contribution in [0, 0.1) is 11.7 Å². The Hall–Kier alpha value is -2.54. The van der Waals surface area contributed by atoms with E-state index < -0.39 is 23.5 Å². The van der Waals surface area contributed by atoms with Gasteiger partial charge in [0.05, 0.1) is 25.8 Å². The summed E-state index contributed by atoms with van der Waals surface area (Å²) >= 11 is 3.20. The summed E-state index contributed by atoms with van der Waals surface area (Å²) in [6, 6.07) is 11.2. The molecular weight excluding hydrogens is 417 g/mol. The average Bonchev–Trinajstić information content (AvgIpc) is 2.67. The highest BCUT2D eigenvalue weighted by molar-refractivity contribution is 9.10. The van der Waals surface area contributed by atoms with Crippen LogP contribution in [0.2, 0.25) is 0 Å². The van der Waals surface area contributed by atoms with Crippen LogP contribution in [-0.4, -0.2) is 31.7 Å². The molecule has 5 nitrogen and oxygen atoms in total. The monoisotopic (exact) mass is 435 g/mol. The van der Waals surface area contributed by atoms with E-state index in [0.717, 1.165) is 11.6 Å². The molecule has 0 aromatic heterocycles. The van der Waals surface area contributed by atoms with Gasteiger partial charge >= 0.3 is 5.97 Å². The minimum Gasteiger partial charge on any atom is -0.497 e. The van der Waals surface area contributed by atoms with Crippen molar-refractivity contribution in [3.63, 3.8) is 0 Å². The van der Waals surface area contributed by atoms with Gasteiger partial charge in [0.1, 0.15) is 11.6 Å². The summed E-state index contributed by atoms with van der Waals surface area (Å²) in [5.41, 5.74) is 0.675. The third-order valence-corrected chi connectivity index (χ3v) is 4.20. The van der Waals surface area contributed by atoms with Crippen molar-refractivity contribution >= 4 is 33.9 Å². The lowest BCUT2D eigenvalue weighted by Crippen LogP contribution is -2.28. The van der Waals surface area contributed by atoms with E-state index in [4.69, 9.17) is 9.47 Å². The Balaban J connectivity index is 2.21. The summed E-state index contributed by atoms with van der Waals surface area (Å²) in [4.78, 5) is 29.1. The van der Waals surface area contributed by atoms with E-state index in [0.29, 0.717) is 10.2 Å². The first-order valence-corrected chi connectivity index (χ1v) is 9.04. The van der Waals surface area contributed by atoms with Crippen LogP contribution in [0.5, 0.6) is 5.75 Å². The number of Topliss-reactive ketones (excluding diaryl/α,β-unsaturated/α-hetero) is 1. The van der Waals surface area contributed by atoms with Crippen molar-refractivity contribution in [2.75, 3.05) is 13.7 Å². The normalized spacial score (nSPS) is 12.0. The largest absolute Gasteiger partial charge is 0.497 e.